The number of amides is 1. The Hall–Kier alpha value is -1.51. The smallest absolute Gasteiger partial charge is 0.223 e. The molecule has 0 saturated carbocycles. The van der Waals surface area contributed by atoms with Gasteiger partial charge in [-0.2, -0.15) is 4.31 Å². The highest BCUT2D eigenvalue weighted by atomic mass is 32.2. The monoisotopic (exact) mass is 354 g/mol. The summed E-state index contributed by atoms with van der Waals surface area (Å²) in [7, 11) is -3.38. The fourth-order valence-electron chi connectivity index (χ4n) is 2.75. The summed E-state index contributed by atoms with van der Waals surface area (Å²) in [6, 6.07) is 3.60. The van der Waals surface area contributed by atoms with E-state index >= 15 is 0 Å². The third-order valence-electron chi connectivity index (χ3n) is 4.30. The second-order valence-corrected chi connectivity index (χ2v) is 8.01. The number of hydrogen-bond donors (Lipinski definition) is 0. The second kappa shape index (κ2) is 8.55. The molecule has 0 aliphatic carbocycles. The molecule has 0 aromatic carbocycles. The highest BCUT2D eigenvalue weighted by Gasteiger charge is 2.23. The van der Waals surface area contributed by atoms with Gasteiger partial charge in [0.1, 0.15) is 0 Å². The van der Waals surface area contributed by atoms with Gasteiger partial charge in [-0.05, 0) is 18.2 Å². The van der Waals surface area contributed by atoms with Crippen LogP contribution in [0.2, 0.25) is 0 Å². The number of carbonyl (C=O) groups is 1. The first-order valence-corrected chi connectivity index (χ1v) is 10.1. The van der Waals surface area contributed by atoms with Gasteiger partial charge in [0, 0.05) is 58.1 Å². The number of pyridine rings is 1. The first kappa shape index (κ1) is 18.8. The predicted octanol–water partition coefficient (Wildman–Crippen LogP) is 0.397. The summed E-state index contributed by atoms with van der Waals surface area (Å²) in [6.07, 6.45) is 4.67. The SMILES string of the molecule is CCN1CCN(C(=O)CCN(Cc2cccnc2)S(C)(=O)=O)CC1. The molecule has 1 aromatic heterocycles. The maximum absolute atomic E-state index is 12.4. The van der Waals surface area contributed by atoms with Crippen molar-refractivity contribution in [3.63, 3.8) is 0 Å². The van der Waals surface area contributed by atoms with E-state index in [0.29, 0.717) is 13.1 Å². The molecular formula is C16H26N4O3S. The lowest BCUT2D eigenvalue weighted by Gasteiger charge is -2.34. The molecule has 0 bridgehead atoms. The van der Waals surface area contributed by atoms with Crippen molar-refractivity contribution in [2.45, 2.75) is 19.9 Å². The van der Waals surface area contributed by atoms with Crippen LogP contribution in [-0.4, -0.2) is 78.9 Å². The molecule has 2 heterocycles. The molecular weight excluding hydrogens is 328 g/mol. The average molecular weight is 354 g/mol. The minimum Gasteiger partial charge on any atom is -0.340 e. The van der Waals surface area contributed by atoms with Gasteiger partial charge in [-0.3, -0.25) is 9.78 Å². The third kappa shape index (κ3) is 5.54. The molecule has 2 rings (SSSR count). The van der Waals surface area contributed by atoms with Crippen LogP contribution in [0.1, 0.15) is 18.9 Å². The van der Waals surface area contributed by atoms with E-state index in [2.05, 4.69) is 16.8 Å². The van der Waals surface area contributed by atoms with Gasteiger partial charge in [0.2, 0.25) is 15.9 Å². The first-order valence-electron chi connectivity index (χ1n) is 8.24. The molecule has 0 radical (unpaired) electrons. The molecule has 24 heavy (non-hydrogen) atoms. The van der Waals surface area contributed by atoms with E-state index in [4.69, 9.17) is 0 Å². The van der Waals surface area contributed by atoms with Crippen LogP contribution < -0.4 is 0 Å². The zero-order chi connectivity index (χ0) is 17.6. The Balaban J connectivity index is 1.90. The van der Waals surface area contributed by atoms with Crippen molar-refractivity contribution in [1.29, 1.82) is 0 Å². The minimum atomic E-state index is -3.38. The molecule has 0 spiro atoms. The highest BCUT2D eigenvalue weighted by Crippen LogP contribution is 2.10. The van der Waals surface area contributed by atoms with Crippen LogP contribution in [0, 0.1) is 0 Å². The van der Waals surface area contributed by atoms with Crippen LogP contribution in [-0.2, 0) is 21.4 Å². The van der Waals surface area contributed by atoms with Crippen molar-refractivity contribution in [3.8, 4) is 0 Å². The lowest BCUT2D eigenvalue weighted by atomic mass is 10.2. The van der Waals surface area contributed by atoms with E-state index in [0.717, 1.165) is 25.2 Å². The van der Waals surface area contributed by atoms with Crippen molar-refractivity contribution >= 4 is 15.9 Å². The maximum Gasteiger partial charge on any atom is 0.223 e. The fourth-order valence-corrected chi connectivity index (χ4v) is 3.56. The molecule has 1 amide bonds. The van der Waals surface area contributed by atoms with Gasteiger partial charge in [0.15, 0.2) is 0 Å². The molecule has 1 aromatic rings. The van der Waals surface area contributed by atoms with Crippen molar-refractivity contribution in [3.05, 3.63) is 30.1 Å². The third-order valence-corrected chi connectivity index (χ3v) is 5.55. The lowest BCUT2D eigenvalue weighted by molar-refractivity contribution is -0.133. The Bertz CT molecular complexity index is 628. The van der Waals surface area contributed by atoms with Gasteiger partial charge in [-0.1, -0.05) is 13.0 Å². The van der Waals surface area contributed by atoms with E-state index < -0.39 is 10.0 Å². The molecule has 1 aliphatic heterocycles. The van der Waals surface area contributed by atoms with Gasteiger partial charge >= 0.3 is 0 Å². The number of rotatable bonds is 7. The molecule has 1 fully saturated rings. The number of carbonyl (C=O) groups excluding carboxylic acids is 1. The summed E-state index contributed by atoms with van der Waals surface area (Å²) in [5.41, 5.74) is 0.812. The Morgan fingerprint density at radius 2 is 2.00 bits per heavy atom. The quantitative estimate of drug-likeness (QED) is 0.708. The van der Waals surface area contributed by atoms with Crippen molar-refractivity contribution in [2.24, 2.45) is 0 Å². The molecule has 0 N–H and O–H groups in total. The Kier molecular flexibility index (Phi) is 6.70. The summed E-state index contributed by atoms with van der Waals surface area (Å²) in [5, 5.41) is 0. The summed E-state index contributed by atoms with van der Waals surface area (Å²) >= 11 is 0. The van der Waals surface area contributed by atoms with Gasteiger partial charge in [0.25, 0.3) is 0 Å². The van der Waals surface area contributed by atoms with Crippen LogP contribution in [0.15, 0.2) is 24.5 Å². The molecule has 8 heteroatoms. The zero-order valence-electron chi connectivity index (χ0n) is 14.4. The van der Waals surface area contributed by atoms with Crippen LogP contribution in [0.25, 0.3) is 0 Å². The normalized spacial score (nSPS) is 16.5. The summed E-state index contributed by atoms with van der Waals surface area (Å²) < 4.78 is 25.3. The van der Waals surface area contributed by atoms with Crippen molar-refractivity contribution in [1.82, 2.24) is 19.1 Å². The Labute approximate surface area is 144 Å². The number of likely N-dealkylation sites (N-methyl/N-ethyl adjacent to an activating group) is 1. The predicted molar refractivity (Wildman–Crippen MR) is 92.8 cm³/mol. The van der Waals surface area contributed by atoms with E-state index in [1.54, 1.807) is 18.5 Å². The molecule has 134 valence electrons. The van der Waals surface area contributed by atoms with Crippen LogP contribution in [0.5, 0.6) is 0 Å². The number of sulfonamides is 1. The van der Waals surface area contributed by atoms with E-state index in [1.807, 2.05) is 11.0 Å². The topological polar surface area (TPSA) is 73.8 Å². The van der Waals surface area contributed by atoms with Gasteiger partial charge in [-0.15, -0.1) is 0 Å². The van der Waals surface area contributed by atoms with E-state index in [1.165, 1.54) is 10.6 Å². The fraction of sp³-hybridized carbons (Fsp3) is 0.625. The maximum atomic E-state index is 12.4. The van der Waals surface area contributed by atoms with Crippen molar-refractivity contribution in [2.75, 3.05) is 45.5 Å². The van der Waals surface area contributed by atoms with Crippen molar-refractivity contribution < 1.29 is 13.2 Å². The minimum absolute atomic E-state index is 0.0191. The largest absolute Gasteiger partial charge is 0.340 e. The molecule has 7 nitrogen and oxygen atoms in total. The summed E-state index contributed by atoms with van der Waals surface area (Å²) in [6.45, 7) is 6.74. The van der Waals surface area contributed by atoms with E-state index in [-0.39, 0.29) is 25.4 Å². The first-order chi connectivity index (χ1) is 11.4. The summed E-state index contributed by atoms with van der Waals surface area (Å²) in [4.78, 5) is 20.5. The molecule has 1 aliphatic rings. The Morgan fingerprint density at radius 1 is 1.29 bits per heavy atom. The number of piperazine rings is 1. The standard InChI is InChI=1S/C16H26N4O3S/c1-3-18-9-11-19(12-10-18)16(21)6-8-20(24(2,22)23)14-15-5-4-7-17-13-15/h4-5,7,13H,3,6,8-12,14H2,1-2H3. The number of hydrogen-bond acceptors (Lipinski definition) is 5. The van der Waals surface area contributed by atoms with Crippen LogP contribution >= 0.6 is 0 Å². The second-order valence-electron chi connectivity index (χ2n) is 6.02. The highest BCUT2D eigenvalue weighted by molar-refractivity contribution is 7.88. The molecule has 0 atom stereocenters. The van der Waals surface area contributed by atoms with Crippen LogP contribution in [0.3, 0.4) is 0 Å². The van der Waals surface area contributed by atoms with Gasteiger partial charge in [0.05, 0.1) is 6.26 Å². The van der Waals surface area contributed by atoms with Gasteiger partial charge < -0.3 is 9.80 Å². The summed E-state index contributed by atoms with van der Waals surface area (Å²) in [5.74, 6) is 0.0191. The molecule has 0 unspecified atom stereocenters. The number of nitrogens with zero attached hydrogens (tertiary/aromatic N) is 4. The van der Waals surface area contributed by atoms with Crippen LogP contribution in [0.4, 0.5) is 0 Å². The van der Waals surface area contributed by atoms with Gasteiger partial charge in [-0.25, -0.2) is 8.42 Å². The molecule has 1 saturated heterocycles. The van der Waals surface area contributed by atoms with E-state index in [9.17, 15) is 13.2 Å². The number of aromatic nitrogens is 1. The zero-order valence-corrected chi connectivity index (χ0v) is 15.2. The lowest BCUT2D eigenvalue weighted by Crippen LogP contribution is -2.49. The Morgan fingerprint density at radius 3 is 2.54 bits per heavy atom. The average Bonchev–Trinajstić information content (AvgIpc) is 2.58.